The van der Waals surface area contributed by atoms with Gasteiger partial charge in [0, 0.05) is 18.0 Å². The summed E-state index contributed by atoms with van der Waals surface area (Å²) in [7, 11) is 3.12. The number of methoxy groups -OCH3 is 2. The number of ether oxygens (including phenoxy) is 2. The molecule has 0 aliphatic carbocycles. The van der Waals surface area contributed by atoms with Crippen molar-refractivity contribution in [2.45, 2.75) is 18.7 Å². The summed E-state index contributed by atoms with van der Waals surface area (Å²) in [5.74, 6) is 0.826. The molecule has 6 nitrogen and oxygen atoms in total. The maximum absolute atomic E-state index is 13.7. The topological polar surface area (TPSA) is 54.9 Å². The van der Waals surface area contributed by atoms with E-state index >= 15 is 0 Å². The zero-order chi connectivity index (χ0) is 22.4. The van der Waals surface area contributed by atoms with Crippen LogP contribution in [0.15, 0.2) is 41.3 Å². The lowest BCUT2D eigenvalue weighted by molar-refractivity contribution is 0.0980. The van der Waals surface area contributed by atoms with Crippen LogP contribution in [0, 0.1) is 0 Å². The van der Waals surface area contributed by atoms with Crippen molar-refractivity contribution >= 4 is 44.4 Å². The predicted molar refractivity (Wildman–Crippen MR) is 130 cm³/mol. The number of amides is 1. The fourth-order valence-corrected chi connectivity index (χ4v) is 4.95. The second-order valence-electron chi connectivity index (χ2n) is 6.85. The van der Waals surface area contributed by atoms with Crippen molar-refractivity contribution in [2.75, 3.05) is 51.6 Å². The van der Waals surface area contributed by atoms with Crippen molar-refractivity contribution in [3.63, 3.8) is 0 Å². The summed E-state index contributed by atoms with van der Waals surface area (Å²) >= 11 is 3.23. The van der Waals surface area contributed by atoms with Crippen molar-refractivity contribution in [3.05, 3.63) is 42.0 Å². The van der Waals surface area contributed by atoms with Gasteiger partial charge >= 0.3 is 0 Å². The van der Waals surface area contributed by atoms with E-state index in [-0.39, 0.29) is 5.91 Å². The highest BCUT2D eigenvalue weighted by atomic mass is 32.2. The van der Waals surface area contributed by atoms with Gasteiger partial charge in [-0.3, -0.25) is 9.69 Å². The summed E-state index contributed by atoms with van der Waals surface area (Å²) in [6, 6.07) is 11.6. The van der Waals surface area contributed by atoms with Crippen LogP contribution >= 0.6 is 23.1 Å². The van der Waals surface area contributed by atoms with Crippen LogP contribution in [0.5, 0.6) is 11.5 Å². The number of thiazole rings is 1. The lowest BCUT2D eigenvalue weighted by Gasteiger charge is -2.25. The summed E-state index contributed by atoms with van der Waals surface area (Å²) in [6.07, 6.45) is 2.05. The number of aromatic nitrogens is 1. The Labute approximate surface area is 192 Å². The molecule has 0 unspecified atom stereocenters. The summed E-state index contributed by atoms with van der Waals surface area (Å²) in [4.78, 5) is 23.7. The zero-order valence-electron chi connectivity index (χ0n) is 18.7. The van der Waals surface area contributed by atoms with Crippen LogP contribution in [0.1, 0.15) is 24.2 Å². The maximum Gasteiger partial charge on any atom is 0.264 e. The van der Waals surface area contributed by atoms with E-state index in [1.807, 2.05) is 6.07 Å². The number of hydrogen-bond donors (Lipinski definition) is 0. The van der Waals surface area contributed by atoms with E-state index < -0.39 is 0 Å². The van der Waals surface area contributed by atoms with Crippen LogP contribution in [0.2, 0.25) is 0 Å². The smallest absolute Gasteiger partial charge is 0.264 e. The lowest BCUT2D eigenvalue weighted by Crippen LogP contribution is -2.39. The molecule has 31 heavy (non-hydrogen) atoms. The Bertz CT molecular complexity index is 1030. The molecule has 0 saturated heterocycles. The van der Waals surface area contributed by atoms with Gasteiger partial charge in [-0.2, -0.15) is 0 Å². The number of fused-ring (bicyclic) bond motifs is 1. The number of rotatable bonds is 10. The molecular formula is C23H29N3O3S2. The number of thioether (sulfide) groups is 1. The van der Waals surface area contributed by atoms with Gasteiger partial charge in [-0.15, -0.1) is 11.8 Å². The summed E-state index contributed by atoms with van der Waals surface area (Å²) in [6.45, 7) is 7.41. The molecule has 0 aliphatic rings. The summed E-state index contributed by atoms with van der Waals surface area (Å²) in [5.41, 5.74) is 1.36. The zero-order valence-corrected chi connectivity index (χ0v) is 20.3. The standard InChI is InChI=1S/C23H29N3O3S2/c1-6-25(7-2)13-14-26(22(27)17-9-8-10-19(28-3)21(17)29-4)23-24-18-12-11-16(30-5)15-20(18)31-23/h8-12,15H,6-7,13-14H2,1-5H3. The summed E-state index contributed by atoms with van der Waals surface area (Å²) < 4.78 is 12.0. The minimum Gasteiger partial charge on any atom is -0.493 e. The highest BCUT2D eigenvalue weighted by Gasteiger charge is 2.26. The molecule has 0 bridgehead atoms. The van der Waals surface area contributed by atoms with E-state index in [1.54, 1.807) is 49.1 Å². The van der Waals surface area contributed by atoms with Gasteiger partial charge in [0.1, 0.15) is 0 Å². The lowest BCUT2D eigenvalue weighted by atomic mass is 10.1. The fourth-order valence-electron chi connectivity index (χ4n) is 3.40. The molecule has 0 radical (unpaired) electrons. The Morgan fingerprint density at radius 3 is 2.52 bits per heavy atom. The molecule has 0 atom stereocenters. The Balaban J connectivity index is 2.03. The van der Waals surface area contributed by atoms with Crippen molar-refractivity contribution in [3.8, 4) is 11.5 Å². The van der Waals surface area contributed by atoms with E-state index in [4.69, 9.17) is 14.5 Å². The van der Waals surface area contributed by atoms with Crippen LogP contribution in [-0.4, -0.2) is 62.4 Å². The van der Waals surface area contributed by atoms with Crippen molar-refractivity contribution in [1.29, 1.82) is 0 Å². The highest BCUT2D eigenvalue weighted by Crippen LogP contribution is 2.35. The van der Waals surface area contributed by atoms with Gasteiger partial charge < -0.3 is 14.4 Å². The third kappa shape index (κ3) is 5.14. The van der Waals surface area contributed by atoms with E-state index in [9.17, 15) is 4.79 Å². The van der Waals surface area contributed by atoms with Gasteiger partial charge in [-0.05, 0) is 49.7 Å². The first-order valence-corrected chi connectivity index (χ1v) is 12.3. The molecule has 2 aromatic carbocycles. The molecule has 166 valence electrons. The van der Waals surface area contributed by atoms with E-state index in [0.29, 0.717) is 28.7 Å². The molecule has 0 aliphatic heterocycles. The SMILES string of the molecule is CCN(CC)CCN(C(=O)c1cccc(OC)c1OC)c1nc2ccc(SC)cc2s1. The first kappa shape index (κ1) is 23.4. The number of anilines is 1. The molecule has 1 aromatic heterocycles. The fraction of sp³-hybridized carbons (Fsp3) is 0.391. The minimum atomic E-state index is -0.146. The number of carbonyl (C=O) groups excluding carboxylic acids is 1. The third-order valence-electron chi connectivity index (χ3n) is 5.23. The number of nitrogens with zero attached hydrogens (tertiary/aromatic N) is 3. The first-order chi connectivity index (χ1) is 15.1. The van der Waals surface area contributed by atoms with Crippen LogP contribution in [-0.2, 0) is 0 Å². The monoisotopic (exact) mass is 459 g/mol. The molecule has 0 fully saturated rings. The van der Waals surface area contributed by atoms with Crippen molar-refractivity contribution in [1.82, 2.24) is 9.88 Å². The first-order valence-electron chi connectivity index (χ1n) is 10.3. The van der Waals surface area contributed by atoms with E-state index in [0.717, 1.165) is 29.9 Å². The molecule has 8 heteroatoms. The number of carbonyl (C=O) groups is 1. The molecule has 0 spiro atoms. The van der Waals surface area contributed by atoms with Crippen molar-refractivity contribution < 1.29 is 14.3 Å². The van der Waals surface area contributed by atoms with Crippen molar-refractivity contribution in [2.24, 2.45) is 0 Å². The molecule has 0 saturated carbocycles. The van der Waals surface area contributed by atoms with Gasteiger partial charge in [0.05, 0.1) is 30.0 Å². The van der Waals surface area contributed by atoms with Crippen LogP contribution in [0.25, 0.3) is 10.2 Å². The van der Waals surface area contributed by atoms with E-state index in [2.05, 4.69) is 37.1 Å². The Hall–Kier alpha value is -2.29. The third-order valence-corrected chi connectivity index (χ3v) is 6.99. The van der Waals surface area contributed by atoms with Crippen LogP contribution < -0.4 is 14.4 Å². The number of para-hydroxylation sites is 1. The Kier molecular flexibility index (Phi) is 8.17. The van der Waals surface area contributed by atoms with Crippen LogP contribution in [0.3, 0.4) is 0 Å². The van der Waals surface area contributed by atoms with Crippen LogP contribution in [0.4, 0.5) is 5.13 Å². The average molecular weight is 460 g/mol. The molecule has 1 heterocycles. The molecule has 3 aromatic rings. The quantitative estimate of drug-likeness (QED) is 0.397. The summed E-state index contributed by atoms with van der Waals surface area (Å²) in [5, 5.41) is 0.690. The molecule has 0 N–H and O–H groups in total. The Morgan fingerprint density at radius 2 is 1.87 bits per heavy atom. The van der Waals surface area contributed by atoms with Gasteiger partial charge in [0.25, 0.3) is 5.91 Å². The number of hydrogen-bond acceptors (Lipinski definition) is 7. The minimum absolute atomic E-state index is 0.146. The molecule has 3 rings (SSSR count). The average Bonchev–Trinajstić information content (AvgIpc) is 3.23. The normalized spacial score (nSPS) is 11.2. The van der Waals surface area contributed by atoms with Gasteiger partial charge in [0.2, 0.25) is 0 Å². The van der Waals surface area contributed by atoms with E-state index in [1.165, 1.54) is 16.2 Å². The second kappa shape index (κ2) is 10.8. The van der Waals surface area contributed by atoms with Gasteiger partial charge in [-0.1, -0.05) is 31.3 Å². The van der Waals surface area contributed by atoms with Gasteiger partial charge in [0.15, 0.2) is 16.6 Å². The largest absolute Gasteiger partial charge is 0.493 e. The molecule has 1 amide bonds. The maximum atomic E-state index is 13.7. The number of benzene rings is 2. The molecular weight excluding hydrogens is 430 g/mol. The highest BCUT2D eigenvalue weighted by molar-refractivity contribution is 7.98. The second-order valence-corrected chi connectivity index (χ2v) is 8.74. The van der Waals surface area contributed by atoms with Gasteiger partial charge in [-0.25, -0.2) is 4.98 Å². The number of likely N-dealkylation sites (N-methyl/N-ethyl adjacent to an activating group) is 1. The Morgan fingerprint density at radius 1 is 1.10 bits per heavy atom. The predicted octanol–water partition coefficient (Wildman–Crippen LogP) is 5.02.